The van der Waals surface area contributed by atoms with E-state index in [9.17, 15) is 0 Å². The molecule has 4 nitrogen and oxygen atoms in total. The van der Waals surface area contributed by atoms with Crippen LogP contribution in [0.25, 0.3) is 0 Å². The monoisotopic (exact) mass is 195 g/mol. The third-order valence-corrected chi connectivity index (χ3v) is 1.37. The molecular weight excluding hydrogens is 188 g/mol. The summed E-state index contributed by atoms with van der Waals surface area (Å²) >= 11 is 11.0. The van der Waals surface area contributed by atoms with Crippen molar-refractivity contribution in [1.82, 2.24) is 13.9 Å². The Morgan fingerprint density at radius 3 is 1.80 bits per heavy atom. The van der Waals surface area contributed by atoms with Crippen LogP contribution in [-0.2, 0) is 0 Å². The smallest absolute Gasteiger partial charge is 1.00 e. The van der Waals surface area contributed by atoms with E-state index in [1.165, 1.54) is 8.84 Å². The molecule has 0 aromatic heterocycles. The SMILES string of the molecule is ON1CN(Cl)CN(Cl)C1.[H-].[Na+]. The number of hydrogen-bond donors (Lipinski definition) is 1. The molecule has 1 aliphatic rings. The Bertz CT molecular complexity index is 87.6. The molecule has 1 heterocycles. The Morgan fingerprint density at radius 2 is 1.50 bits per heavy atom. The van der Waals surface area contributed by atoms with Crippen LogP contribution in [0.5, 0.6) is 0 Å². The van der Waals surface area contributed by atoms with E-state index in [0.717, 1.165) is 5.06 Å². The molecule has 0 atom stereocenters. The molecule has 0 aromatic carbocycles. The Morgan fingerprint density at radius 1 is 1.10 bits per heavy atom. The molecule has 10 heavy (non-hydrogen) atoms. The molecule has 0 saturated carbocycles. The second-order valence-corrected chi connectivity index (χ2v) is 2.81. The molecule has 1 aliphatic heterocycles. The fraction of sp³-hybridized carbons (Fsp3) is 1.00. The summed E-state index contributed by atoms with van der Waals surface area (Å²) in [6.07, 6.45) is 0. The molecule has 0 amide bonds. The second kappa shape index (κ2) is 5.13. The van der Waals surface area contributed by atoms with E-state index in [4.69, 9.17) is 28.8 Å². The maximum atomic E-state index is 8.83. The summed E-state index contributed by atoms with van der Waals surface area (Å²) < 4.78 is 2.74. The number of rotatable bonds is 0. The molecule has 56 valence electrons. The minimum Gasteiger partial charge on any atom is -1.00 e. The van der Waals surface area contributed by atoms with Crippen LogP contribution in [0.15, 0.2) is 0 Å². The van der Waals surface area contributed by atoms with E-state index in [0.29, 0.717) is 20.0 Å². The molecule has 1 N–H and O–H groups in total. The maximum Gasteiger partial charge on any atom is 1.00 e. The van der Waals surface area contributed by atoms with Crippen molar-refractivity contribution < 1.29 is 36.2 Å². The van der Waals surface area contributed by atoms with Gasteiger partial charge in [-0.2, -0.15) is 13.9 Å². The van der Waals surface area contributed by atoms with Gasteiger partial charge in [0.15, 0.2) is 0 Å². The predicted molar refractivity (Wildman–Crippen MR) is 34.7 cm³/mol. The molecule has 1 rings (SSSR count). The van der Waals surface area contributed by atoms with Crippen molar-refractivity contribution in [3.63, 3.8) is 0 Å². The van der Waals surface area contributed by atoms with Crippen LogP contribution in [0.3, 0.4) is 0 Å². The number of hydroxylamine groups is 2. The van der Waals surface area contributed by atoms with E-state index in [-0.39, 0.29) is 31.0 Å². The molecule has 0 radical (unpaired) electrons. The summed E-state index contributed by atoms with van der Waals surface area (Å²) in [7, 11) is 0. The van der Waals surface area contributed by atoms with E-state index in [2.05, 4.69) is 0 Å². The van der Waals surface area contributed by atoms with Crippen LogP contribution in [0.2, 0.25) is 0 Å². The standard InChI is InChI=1S/C3H7Cl2N3O.Na.H/c4-6-1-7(5)3-8(9)2-6;;/h9H,1-3H2;;/q;+1;-1. The molecule has 1 fully saturated rings. The van der Waals surface area contributed by atoms with Crippen LogP contribution >= 0.6 is 23.6 Å². The first-order valence-electron chi connectivity index (χ1n) is 2.44. The Balaban J connectivity index is 0. The summed E-state index contributed by atoms with van der Waals surface area (Å²) in [6.45, 7) is 1.11. The van der Waals surface area contributed by atoms with Gasteiger partial charge < -0.3 is 6.63 Å². The van der Waals surface area contributed by atoms with Gasteiger partial charge in [-0.3, -0.25) is 0 Å². The maximum absolute atomic E-state index is 8.83. The van der Waals surface area contributed by atoms with Crippen LogP contribution in [-0.4, -0.2) is 39.1 Å². The summed E-state index contributed by atoms with van der Waals surface area (Å²) in [4.78, 5) is 0. The van der Waals surface area contributed by atoms with Crippen LogP contribution < -0.4 is 29.6 Å². The first-order valence-corrected chi connectivity index (χ1v) is 3.11. The van der Waals surface area contributed by atoms with Crippen LogP contribution in [0.1, 0.15) is 1.43 Å². The average Bonchev–Trinajstić information content (AvgIpc) is 1.59. The minimum atomic E-state index is 0. The van der Waals surface area contributed by atoms with Gasteiger partial charge in [0.2, 0.25) is 0 Å². The van der Waals surface area contributed by atoms with E-state index < -0.39 is 0 Å². The van der Waals surface area contributed by atoms with Gasteiger partial charge >= 0.3 is 29.6 Å². The van der Waals surface area contributed by atoms with Crippen LogP contribution in [0.4, 0.5) is 0 Å². The summed E-state index contributed by atoms with van der Waals surface area (Å²) in [5.41, 5.74) is 0. The molecule has 0 spiro atoms. The van der Waals surface area contributed by atoms with E-state index in [1.807, 2.05) is 0 Å². The molecule has 0 aromatic rings. The Labute approximate surface area is 93.2 Å². The molecule has 0 unspecified atom stereocenters. The topological polar surface area (TPSA) is 30.0 Å². The number of halogens is 2. The zero-order valence-electron chi connectivity index (χ0n) is 6.67. The Kier molecular flexibility index (Phi) is 5.86. The summed E-state index contributed by atoms with van der Waals surface area (Å²) in [6, 6.07) is 0. The predicted octanol–water partition coefficient (Wildman–Crippen LogP) is -2.41. The largest absolute Gasteiger partial charge is 1.00 e. The third kappa shape index (κ3) is 3.71. The molecule has 0 bridgehead atoms. The van der Waals surface area contributed by atoms with Crippen molar-refractivity contribution in [1.29, 1.82) is 0 Å². The van der Waals surface area contributed by atoms with E-state index in [1.54, 1.807) is 0 Å². The normalized spacial score (nSPS) is 24.3. The third-order valence-electron chi connectivity index (χ3n) is 0.940. The van der Waals surface area contributed by atoms with Crippen molar-refractivity contribution in [3.8, 4) is 0 Å². The zero-order valence-corrected chi connectivity index (χ0v) is 9.18. The first kappa shape index (κ1) is 11.4. The molecule has 7 heteroatoms. The molecule has 1 saturated heterocycles. The summed E-state index contributed by atoms with van der Waals surface area (Å²) in [5, 5.41) is 9.85. The fourth-order valence-electron chi connectivity index (χ4n) is 0.655. The van der Waals surface area contributed by atoms with Gasteiger partial charge in [-0.25, -0.2) is 0 Å². The van der Waals surface area contributed by atoms with Crippen molar-refractivity contribution in [2.75, 3.05) is 20.0 Å². The Hall–Kier alpha value is 1.42. The minimum absolute atomic E-state index is 0. The van der Waals surface area contributed by atoms with Gasteiger partial charge in [0.05, 0.1) is 20.0 Å². The van der Waals surface area contributed by atoms with Gasteiger partial charge in [-0.05, 0) is 23.6 Å². The van der Waals surface area contributed by atoms with Crippen molar-refractivity contribution in [3.05, 3.63) is 0 Å². The van der Waals surface area contributed by atoms with Gasteiger partial charge in [-0.15, -0.1) is 0 Å². The van der Waals surface area contributed by atoms with Crippen LogP contribution in [0, 0.1) is 0 Å². The second-order valence-electron chi connectivity index (χ2n) is 1.86. The van der Waals surface area contributed by atoms with Crippen molar-refractivity contribution >= 4 is 23.6 Å². The van der Waals surface area contributed by atoms with Gasteiger partial charge in [-0.1, -0.05) is 0 Å². The van der Waals surface area contributed by atoms with Gasteiger partial charge in [0.25, 0.3) is 0 Å². The fourth-order valence-corrected chi connectivity index (χ4v) is 1.21. The van der Waals surface area contributed by atoms with Crippen molar-refractivity contribution in [2.45, 2.75) is 0 Å². The van der Waals surface area contributed by atoms with E-state index >= 15 is 0 Å². The van der Waals surface area contributed by atoms with Crippen molar-refractivity contribution in [2.24, 2.45) is 0 Å². The summed E-state index contributed by atoms with van der Waals surface area (Å²) in [5.74, 6) is 0. The average molecular weight is 196 g/mol. The number of nitrogens with zero attached hydrogens (tertiary/aromatic N) is 3. The quantitative estimate of drug-likeness (QED) is 0.345. The zero-order chi connectivity index (χ0) is 6.85. The molecular formula is C3H8Cl2N3NaO. The van der Waals surface area contributed by atoms with Gasteiger partial charge in [0.1, 0.15) is 0 Å². The van der Waals surface area contributed by atoms with Gasteiger partial charge in [0, 0.05) is 0 Å². The molecule has 0 aliphatic carbocycles. The first-order chi connectivity index (χ1) is 4.18. The number of hydrogen-bond acceptors (Lipinski definition) is 4.